The lowest BCUT2D eigenvalue weighted by molar-refractivity contribution is 0.244. The monoisotopic (exact) mass is 474 g/mol. The minimum Gasteiger partial charge on any atom is -0.490 e. The van der Waals surface area contributed by atoms with Gasteiger partial charge in [0, 0.05) is 5.30 Å². The van der Waals surface area contributed by atoms with Crippen molar-refractivity contribution in [1.82, 2.24) is 0 Å². The fraction of sp³-hybridized carbons (Fsp3) is 0.438. The standard InChI is InChI=1S/C32H43OP/c1-21(2)33-27-19-15-18-26(30(27)34(31(6,7)8)32(9,10)11)29-23(4)20-22(3)28(24(29)5)25-16-13-12-14-17-25/h12-21H,1-11H3. The highest BCUT2D eigenvalue weighted by molar-refractivity contribution is 7.69. The Morgan fingerprint density at radius 2 is 1.26 bits per heavy atom. The van der Waals surface area contributed by atoms with Gasteiger partial charge in [0.05, 0.1) is 6.10 Å². The van der Waals surface area contributed by atoms with Crippen LogP contribution >= 0.6 is 7.92 Å². The van der Waals surface area contributed by atoms with E-state index in [9.17, 15) is 0 Å². The van der Waals surface area contributed by atoms with Crippen molar-refractivity contribution in [2.75, 3.05) is 0 Å². The lowest BCUT2D eigenvalue weighted by atomic mass is 9.86. The Kier molecular flexibility index (Phi) is 7.69. The predicted octanol–water partition coefficient (Wildman–Crippen LogP) is 9.44. The van der Waals surface area contributed by atoms with Crippen molar-refractivity contribution in [1.29, 1.82) is 0 Å². The van der Waals surface area contributed by atoms with Crippen LogP contribution in [0, 0.1) is 20.8 Å². The Balaban J connectivity index is 2.44. The molecule has 0 amide bonds. The van der Waals surface area contributed by atoms with Crippen LogP contribution in [0.4, 0.5) is 0 Å². The SMILES string of the molecule is Cc1cc(C)c(-c2cccc(OC(C)C)c2P(C(C)(C)C)C(C)(C)C)c(C)c1-c1ccccc1. The van der Waals surface area contributed by atoms with Gasteiger partial charge in [-0.2, -0.15) is 0 Å². The number of aryl methyl sites for hydroxylation is 2. The quantitative estimate of drug-likeness (QED) is 0.335. The zero-order chi connectivity index (χ0) is 25.4. The van der Waals surface area contributed by atoms with Gasteiger partial charge in [0.2, 0.25) is 0 Å². The van der Waals surface area contributed by atoms with E-state index in [-0.39, 0.29) is 16.4 Å². The molecule has 3 rings (SSSR count). The number of hydrogen-bond acceptors (Lipinski definition) is 1. The molecule has 0 bridgehead atoms. The molecule has 0 radical (unpaired) electrons. The van der Waals surface area contributed by atoms with Crippen molar-refractivity contribution in [3.8, 4) is 28.0 Å². The van der Waals surface area contributed by atoms with E-state index in [4.69, 9.17) is 4.74 Å². The summed E-state index contributed by atoms with van der Waals surface area (Å²) < 4.78 is 6.51. The Bertz CT molecular complexity index is 1130. The Morgan fingerprint density at radius 1 is 0.706 bits per heavy atom. The second kappa shape index (κ2) is 9.87. The molecule has 0 spiro atoms. The van der Waals surface area contributed by atoms with Crippen LogP contribution in [0.2, 0.25) is 0 Å². The minimum absolute atomic E-state index is 0.130. The molecule has 0 aromatic heterocycles. The molecule has 0 fully saturated rings. The molecule has 0 unspecified atom stereocenters. The molecule has 0 heterocycles. The van der Waals surface area contributed by atoms with E-state index in [2.05, 4.69) is 131 Å². The van der Waals surface area contributed by atoms with Crippen LogP contribution in [0.25, 0.3) is 22.3 Å². The summed E-state index contributed by atoms with van der Waals surface area (Å²) in [5.41, 5.74) is 9.33. The van der Waals surface area contributed by atoms with Gasteiger partial charge in [-0.1, -0.05) is 98.0 Å². The molecule has 3 aromatic carbocycles. The molecule has 182 valence electrons. The first-order chi connectivity index (χ1) is 15.7. The number of ether oxygens (including phenoxy) is 1. The molecule has 0 saturated carbocycles. The molecule has 0 aliphatic carbocycles. The summed E-state index contributed by atoms with van der Waals surface area (Å²) in [6.45, 7) is 25.4. The van der Waals surface area contributed by atoms with Crippen LogP contribution in [-0.2, 0) is 0 Å². The smallest absolute Gasteiger partial charge is 0.127 e. The summed E-state index contributed by atoms with van der Waals surface area (Å²) in [4.78, 5) is 0. The first kappa shape index (κ1) is 26.5. The van der Waals surface area contributed by atoms with Gasteiger partial charge in [0.15, 0.2) is 0 Å². The Morgan fingerprint density at radius 3 is 1.79 bits per heavy atom. The Hall–Kier alpha value is -2.11. The summed E-state index contributed by atoms with van der Waals surface area (Å²) in [5, 5.41) is 1.67. The summed E-state index contributed by atoms with van der Waals surface area (Å²) in [6, 6.07) is 19.9. The largest absolute Gasteiger partial charge is 0.490 e. The molecule has 0 atom stereocenters. The third-order valence-corrected chi connectivity index (χ3v) is 9.82. The average Bonchev–Trinajstić information content (AvgIpc) is 2.68. The van der Waals surface area contributed by atoms with Gasteiger partial charge < -0.3 is 4.74 Å². The zero-order valence-electron chi connectivity index (χ0n) is 23.1. The van der Waals surface area contributed by atoms with E-state index in [1.807, 2.05) is 0 Å². The number of rotatable bonds is 5. The van der Waals surface area contributed by atoms with Crippen LogP contribution in [0.3, 0.4) is 0 Å². The second-order valence-electron chi connectivity index (χ2n) is 11.7. The van der Waals surface area contributed by atoms with Crippen molar-refractivity contribution in [2.45, 2.75) is 92.6 Å². The van der Waals surface area contributed by atoms with Crippen molar-refractivity contribution in [3.63, 3.8) is 0 Å². The maximum absolute atomic E-state index is 6.51. The normalized spacial score (nSPS) is 12.5. The van der Waals surface area contributed by atoms with Gasteiger partial charge in [-0.15, -0.1) is 0 Å². The lowest BCUT2D eigenvalue weighted by Crippen LogP contribution is -2.33. The lowest BCUT2D eigenvalue weighted by Gasteiger charge is -2.43. The molecular formula is C32H43OP. The molecular weight excluding hydrogens is 431 g/mol. The highest BCUT2D eigenvalue weighted by Gasteiger charge is 2.39. The van der Waals surface area contributed by atoms with Crippen LogP contribution in [-0.4, -0.2) is 16.4 Å². The van der Waals surface area contributed by atoms with Crippen LogP contribution in [0.5, 0.6) is 5.75 Å². The molecule has 0 aliphatic heterocycles. The van der Waals surface area contributed by atoms with Crippen LogP contribution in [0.15, 0.2) is 54.6 Å². The van der Waals surface area contributed by atoms with E-state index >= 15 is 0 Å². The average molecular weight is 475 g/mol. The van der Waals surface area contributed by atoms with Crippen LogP contribution < -0.4 is 10.0 Å². The first-order valence-electron chi connectivity index (χ1n) is 12.5. The number of hydrogen-bond donors (Lipinski definition) is 0. The molecule has 0 aliphatic rings. The summed E-state index contributed by atoms with van der Waals surface area (Å²) in [6.07, 6.45) is 0.130. The fourth-order valence-electron chi connectivity index (χ4n) is 5.63. The van der Waals surface area contributed by atoms with E-state index < -0.39 is 7.92 Å². The molecule has 2 heteroatoms. The molecule has 1 nitrogen and oxygen atoms in total. The van der Waals surface area contributed by atoms with Crippen LogP contribution in [0.1, 0.15) is 72.1 Å². The third-order valence-electron chi connectivity index (χ3n) is 6.23. The minimum atomic E-state index is -0.555. The van der Waals surface area contributed by atoms with Gasteiger partial charge in [0.25, 0.3) is 0 Å². The molecule has 3 aromatic rings. The van der Waals surface area contributed by atoms with Gasteiger partial charge in [-0.25, -0.2) is 0 Å². The fourth-order valence-corrected chi connectivity index (χ4v) is 9.76. The zero-order valence-corrected chi connectivity index (χ0v) is 24.0. The van der Waals surface area contributed by atoms with E-state index in [0.29, 0.717) is 0 Å². The van der Waals surface area contributed by atoms with Gasteiger partial charge in [-0.05, 0) is 89.9 Å². The van der Waals surface area contributed by atoms with Crippen molar-refractivity contribution in [3.05, 3.63) is 71.3 Å². The maximum atomic E-state index is 6.51. The van der Waals surface area contributed by atoms with Crippen molar-refractivity contribution >= 4 is 13.2 Å². The molecule has 0 N–H and O–H groups in total. The number of benzene rings is 3. The highest BCUT2D eigenvalue weighted by atomic mass is 31.1. The first-order valence-corrected chi connectivity index (χ1v) is 13.8. The van der Waals surface area contributed by atoms with E-state index in [1.165, 1.54) is 44.2 Å². The third kappa shape index (κ3) is 5.41. The second-order valence-corrected chi connectivity index (χ2v) is 15.5. The topological polar surface area (TPSA) is 9.23 Å². The van der Waals surface area contributed by atoms with E-state index in [0.717, 1.165) is 5.75 Å². The Labute approximate surface area is 209 Å². The van der Waals surface area contributed by atoms with Crippen molar-refractivity contribution in [2.24, 2.45) is 0 Å². The van der Waals surface area contributed by atoms with E-state index in [1.54, 1.807) is 0 Å². The van der Waals surface area contributed by atoms with Gasteiger partial charge in [-0.3, -0.25) is 0 Å². The molecule has 0 saturated heterocycles. The molecule has 34 heavy (non-hydrogen) atoms. The predicted molar refractivity (Wildman–Crippen MR) is 153 cm³/mol. The maximum Gasteiger partial charge on any atom is 0.127 e. The summed E-state index contributed by atoms with van der Waals surface area (Å²) in [7, 11) is -0.555. The summed E-state index contributed by atoms with van der Waals surface area (Å²) >= 11 is 0. The highest BCUT2D eigenvalue weighted by Crippen LogP contribution is 2.61. The van der Waals surface area contributed by atoms with Gasteiger partial charge in [0.1, 0.15) is 5.75 Å². The van der Waals surface area contributed by atoms with Gasteiger partial charge >= 0.3 is 0 Å². The van der Waals surface area contributed by atoms with Crippen molar-refractivity contribution < 1.29 is 4.74 Å². The summed E-state index contributed by atoms with van der Waals surface area (Å²) in [5.74, 6) is 1.05.